The molecular formula is C24H20O2S2. The second kappa shape index (κ2) is 5.34. The number of benzene rings is 2. The second-order valence-corrected chi connectivity index (χ2v) is 11.6. The lowest BCUT2D eigenvalue weighted by atomic mass is 9.83. The molecular weight excluding hydrogens is 384 g/mol. The molecule has 4 heteroatoms. The lowest BCUT2D eigenvalue weighted by Crippen LogP contribution is -2.46. The van der Waals surface area contributed by atoms with Gasteiger partial charge in [0.05, 0.1) is 10.00 Å². The number of Topliss-reactive ketones (excluding diaryl/α,β-unsaturated/α-hetero) is 2. The summed E-state index contributed by atoms with van der Waals surface area (Å²) in [6, 6.07) is 20.7. The normalized spacial score (nSPS) is 46.3. The van der Waals surface area contributed by atoms with E-state index in [4.69, 9.17) is 0 Å². The highest BCUT2D eigenvalue weighted by Crippen LogP contribution is 2.88. The van der Waals surface area contributed by atoms with Gasteiger partial charge in [-0.1, -0.05) is 36.4 Å². The van der Waals surface area contributed by atoms with Crippen molar-refractivity contribution in [3.05, 3.63) is 60.7 Å². The van der Waals surface area contributed by atoms with Crippen LogP contribution < -0.4 is 0 Å². The number of rotatable bonds is 5. The van der Waals surface area contributed by atoms with Crippen LogP contribution in [-0.4, -0.2) is 21.6 Å². The lowest BCUT2D eigenvalue weighted by Gasteiger charge is -2.38. The van der Waals surface area contributed by atoms with Gasteiger partial charge in [0.1, 0.15) is 5.78 Å². The van der Waals surface area contributed by atoms with Gasteiger partial charge in [0.15, 0.2) is 5.78 Å². The van der Waals surface area contributed by atoms with E-state index in [9.17, 15) is 9.59 Å². The Morgan fingerprint density at radius 2 is 1.46 bits per heavy atom. The molecule has 0 aromatic heterocycles. The van der Waals surface area contributed by atoms with Gasteiger partial charge in [0.2, 0.25) is 0 Å². The molecule has 0 saturated heterocycles. The first-order valence-corrected chi connectivity index (χ1v) is 12.0. The molecule has 0 spiro atoms. The molecule has 6 saturated carbocycles. The van der Waals surface area contributed by atoms with Crippen molar-refractivity contribution in [1.29, 1.82) is 0 Å². The first kappa shape index (κ1) is 16.3. The summed E-state index contributed by atoms with van der Waals surface area (Å²) in [5.41, 5.74) is 0. The molecule has 28 heavy (non-hydrogen) atoms. The van der Waals surface area contributed by atoms with Crippen molar-refractivity contribution in [3.63, 3.8) is 0 Å². The highest BCUT2D eigenvalue weighted by molar-refractivity contribution is 8.02. The van der Waals surface area contributed by atoms with Crippen LogP contribution in [0.5, 0.6) is 0 Å². The van der Waals surface area contributed by atoms with Crippen molar-refractivity contribution < 1.29 is 9.59 Å². The molecule has 0 aliphatic heterocycles. The third-order valence-electron chi connectivity index (χ3n) is 7.81. The zero-order valence-corrected chi connectivity index (χ0v) is 16.9. The highest BCUT2D eigenvalue weighted by Gasteiger charge is 2.92. The van der Waals surface area contributed by atoms with E-state index in [0.717, 1.165) is 11.3 Å². The summed E-state index contributed by atoms with van der Waals surface area (Å²) in [6.07, 6.45) is 1.01. The van der Waals surface area contributed by atoms with Crippen LogP contribution in [0.4, 0.5) is 0 Å². The standard InChI is InChI=1S/C24H20O2S2/c25-21-15-11-14(15)19(22(21)27-12-7-3-1-4-8-12)24(28-13-9-5-2-6-10-13)20-16-17(20)18(16)23(24)26/h1-10,14-20,22H,11H2/t14-,15+,16+,17?,18?,19+,20?,22-,24-/m0/s1. The number of carbonyl (C=O) groups is 2. The van der Waals surface area contributed by atoms with Crippen molar-refractivity contribution in [2.24, 2.45) is 41.4 Å². The number of hydrogen-bond donors (Lipinski definition) is 0. The predicted octanol–water partition coefficient (Wildman–Crippen LogP) is 4.59. The zero-order chi connectivity index (χ0) is 18.6. The molecule has 0 radical (unpaired) electrons. The van der Waals surface area contributed by atoms with Crippen molar-refractivity contribution in [1.82, 2.24) is 0 Å². The summed E-state index contributed by atoms with van der Waals surface area (Å²) < 4.78 is -0.362. The number of fused-ring (bicyclic) bond motifs is 2. The fraction of sp³-hybridized carbons (Fsp3) is 0.417. The van der Waals surface area contributed by atoms with E-state index < -0.39 is 0 Å². The van der Waals surface area contributed by atoms with Gasteiger partial charge in [-0.25, -0.2) is 0 Å². The third kappa shape index (κ3) is 1.94. The van der Waals surface area contributed by atoms with E-state index in [2.05, 4.69) is 36.4 Å². The molecule has 2 aromatic rings. The van der Waals surface area contributed by atoms with Gasteiger partial charge in [-0.05, 0) is 54.4 Å². The lowest BCUT2D eigenvalue weighted by molar-refractivity contribution is -0.121. The summed E-state index contributed by atoms with van der Waals surface area (Å²) in [5.74, 6) is 3.82. The third-order valence-corrected chi connectivity index (χ3v) is 10.7. The van der Waals surface area contributed by atoms with Crippen LogP contribution in [0, 0.1) is 41.4 Å². The molecule has 2 bridgehead atoms. The highest BCUT2D eigenvalue weighted by atomic mass is 32.2. The van der Waals surface area contributed by atoms with Crippen molar-refractivity contribution in [2.75, 3.05) is 0 Å². The molecule has 0 N–H and O–H groups in total. The maximum atomic E-state index is 13.6. The van der Waals surface area contributed by atoms with Crippen LogP contribution in [0.15, 0.2) is 70.5 Å². The quantitative estimate of drug-likeness (QED) is 0.730. The predicted molar refractivity (Wildman–Crippen MR) is 110 cm³/mol. The first-order chi connectivity index (χ1) is 13.7. The molecule has 2 nitrogen and oxygen atoms in total. The molecule has 6 fully saturated rings. The Labute approximate surface area is 172 Å². The van der Waals surface area contributed by atoms with E-state index in [1.54, 1.807) is 23.5 Å². The fourth-order valence-electron chi connectivity index (χ4n) is 6.49. The Morgan fingerprint density at radius 3 is 2.07 bits per heavy atom. The molecule has 6 aliphatic rings. The Morgan fingerprint density at radius 1 is 0.821 bits per heavy atom. The maximum absolute atomic E-state index is 13.6. The van der Waals surface area contributed by atoms with Gasteiger partial charge in [-0.3, -0.25) is 9.59 Å². The van der Waals surface area contributed by atoms with Crippen LogP contribution in [-0.2, 0) is 9.59 Å². The Balaban J connectivity index is 1.31. The molecule has 2 aromatic carbocycles. The van der Waals surface area contributed by atoms with Crippen LogP contribution in [0.2, 0.25) is 0 Å². The van der Waals surface area contributed by atoms with Gasteiger partial charge in [0.25, 0.3) is 0 Å². The van der Waals surface area contributed by atoms with Crippen LogP contribution >= 0.6 is 23.5 Å². The van der Waals surface area contributed by atoms with Gasteiger partial charge in [-0.15, -0.1) is 23.5 Å². The SMILES string of the molecule is O=C1[C@@H](Sc2ccccc2)[C@H]([C@@]2(Sc3ccccc3)C(=O)C3C4C2[C@@H]34)[C@H]2C[C@@H]12. The van der Waals surface area contributed by atoms with E-state index in [1.165, 1.54) is 4.90 Å². The molecule has 9 atom stereocenters. The number of ketones is 2. The average Bonchev–Trinajstić information content (AvgIpc) is 3.63. The Hall–Kier alpha value is -1.52. The van der Waals surface area contributed by atoms with Crippen molar-refractivity contribution in [2.45, 2.75) is 26.2 Å². The van der Waals surface area contributed by atoms with Crippen LogP contribution in [0.3, 0.4) is 0 Å². The topological polar surface area (TPSA) is 34.1 Å². The molecule has 140 valence electrons. The molecule has 0 amide bonds. The smallest absolute Gasteiger partial charge is 0.153 e. The van der Waals surface area contributed by atoms with E-state index >= 15 is 0 Å². The molecule has 3 unspecified atom stereocenters. The monoisotopic (exact) mass is 404 g/mol. The largest absolute Gasteiger partial charge is 0.298 e. The van der Waals surface area contributed by atoms with Gasteiger partial charge in [-0.2, -0.15) is 0 Å². The molecule has 8 rings (SSSR count). The first-order valence-electron chi connectivity index (χ1n) is 10.3. The van der Waals surface area contributed by atoms with Crippen LogP contribution in [0.25, 0.3) is 0 Å². The zero-order valence-electron chi connectivity index (χ0n) is 15.2. The average molecular weight is 405 g/mol. The molecule has 0 heterocycles. The van der Waals surface area contributed by atoms with Crippen LogP contribution in [0.1, 0.15) is 6.42 Å². The van der Waals surface area contributed by atoms with E-state index in [0.29, 0.717) is 41.2 Å². The van der Waals surface area contributed by atoms with Crippen molar-refractivity contribution >= 4 is 35.1 Å². The minimum absolute atomic E-state index is 0.0648. The van der Waals surface area contributed by atoms with E-state index in [1.807, 2.05) is 24.3 Å². The minimum Gasteiger partial charge on any atom is -0.298 e. The summed E-state index contributed by atoms with van der Waals surface area (Å²) in [4.78, 5) is 29.1. The van der Waals surface area contributed by atoms with Gasteiger partial charge >= 0.3 is 0 Å². The summed E-state index contributed by atoms with van der Waals surface area (Å²) >= 11 is 3.52. The Kier molecular flexibility index (Phi) is 3.11. The van der Waals surface area contributed by atoms with Gasteiger partial charge < -0.3 is 0 Å². The number of thioether (sulfide) groups is 2. The Bertz CT molecular complexity index is 996. The summed E-state index contributed by atoms with van der Waals surface area (Å²) in [5, 5.41) is -0.0648. The fourth-order valence-corrected chi connectivity index (χ4v) is 9.86. The maximum Gasteiger partial charge on any atom is 0.153 e. The number of carbonyl (C=O) groups excluding carboxylic acids is 2. The van der Waals surface area contributed by atoms with Crippen molar-refractivity contribution in [3.8, 4) is 0 Å². The van der Waals surface area contributed by atoms with E-state index in [-0.39, 0.29) is 21.8 Å². The summed E-state index contributed by atoms with van der Waals surface area (Å²) in [6.45, 7) is 0. The summed E-state index contributed by atoms with van der Waals surface area (Å²) in [7, 11) is 0. The second-order valence-electron chi connectivity index (χ2n) is 9.06. The molecule has 6 aliphatic carbocycles. The minimum atomic E-state index is -0.362. The number of hydrogen-bond acceptors (Lipinski definition) is 4. The van der Waals surface area contributed by atoms with Gasteiger partial charge in [0, 0.05) is 27.5 Å².